The zero-order chi connectivity index (χ0) is 18.1. The van der Waals surface area contributed by atoms with Crippen LogP contribution >= 0.6 is 0 Å². The van der Waals surface area contributed by atoms with E-state index in [-0.39, 0.29) is 11.3 Å². The second-order valence-corrected chi connectivity index (χ2v) is 7.49. The summed E-state index contributed by atoms with van der Waals surface area (Å²) in [6.07, 6.45) is 1.96. The summed E-state index contributed by atoms with van der Waals surface area (Å²) in [6, 6.07) is 19.0. The average molecular weight is 338 g/mol. The van der Waals surface area contributed by atoms with Crippen LogP contribution in [0.1, 0.15) is 43.9 Å². The molecule has 2 aromatic rings. The van der Waals surface area contributed by atoms with E-state index in [0.717, 1.165) is 19.4 Å². The Kier molecular flexibility index (Phi) is 7.20. The Labute approximate surface area is 151 Å². The highest BCUT2D eigenvalue weighted by Crippen LogP contribution is 2.22. The summed E-state index contributed by atoms with van der Waals surface area (Å²) in [7, 11) is 0. The Morgan fingerprint density at radius 3 is 2.24 bits per heavy atom. The Morgan fingerprint density at radius 2 is 1.60 bits per heavy atom. The molecular weight excluding hydrogens is 308 g/mol. The van der Waals surface area contributed by atoms with Crippen molar-refractivity contribution in [2.75, 3.05) is 13.1 Å². The Hall–Kier alpha value is -2.13. The van der Waals surface area contributed by atoms with Crippen molar-refractivity contribution in [3.8, 4) is 0 Å². The maximum atomic E-state index is 11.9. The van der Waals surface area contributed by atoms with Crippen LogP contribution in [0.25, 0.3) is 0 Å². The molecule has 0 aliphatic carbocycles. The fraction of sp³-hybridized carbons (Fsp3) is 0.409. The molecule has 0 spiro atoms. The second-order valence-electron chi connectivity index (χ2n) is 7.49. The second kappa shape index (κ2) is 9.38. The minimum Gasteiger partial charge on any atom is -0.355 e. The first kappa shape index (κ1) is 19.2. The van der Waals surface area contributed by atoms with Crippen molar-refractivity contribution in [1.82, 2.24) is 10.6 Å². The lowest BCUT2D eigenvalue weighted by Gasteiger charge is -2.19. The van der Waals surface area contributed by atoms with Crippen molar-refractivity contribution in [3.05, 3.63) is 71.3 Å². The lowest BCUT2D eigenvalue weighted by Crippen LogP contribution is -2.34. The maximum absolute atomic E-state index is 11.9. The van der Waals surface area contributed by atoms with E-state index in [1.54, 1.807) is 0 Å². The van der Waals surface area contributed by atoms with Gasteiger partial charge >= 0.3 is 0 Å². The Bertz CT molecular complexity index is 642. The number of amides is 1. The van der Waals surface area contributed by atoms with E-state index in [2.05, 4.69) is 67.8 Å². The van der Waals surface area contributed by atoms with Gasteiger partial charge in [0.1, 0.15) is 0 Å². The van der Waals surface area contributed by atoms with E-state index >= 15 is 0 Å². The highest BCUT2D eigenvalue weighted by molar-refractivity contribution is 5.77. The molecule has 2 aromatic carbocycles. The van der Waals surface area contributed by atoms with Gasteiger partial charge < -0.3 is 10.6 Å². The Balaban J connectivity index is 1.60. The van der Waals surface area contributed by atoms with E-state index < -0.39 is 0 Å². The number of hydrogen-bond acceptors (Lipinski definition) is 2. The highest BCUT2D eigenvalue weighted by Gasteiger charge is 2.12. The molecule has 0 aromatic heterocycles. The number of aryl methyl sites for hydroxylation is 1. The number of benzene rings is 2. The lowest BCUT2D eigenvalue weighted by atomic mass is 9.87. The molecule has 3 heteroatoms. The van der Waals surface area contributed by atoms with Crippen LogP contribution in [0.3, 0.4) is 0 Å². The van der Waals surface area contributed by atoms with Crippen molar-refractivity contribution >= 4 is 5.91 Å². The molecule has 25 heavy (non-hydrogen) atoms. The van der Waals surface area contributed by atoms with Crippen molar-refractivity contribution in [2.24, 2.45) is 0 Å². The lowest BCUT2D eigenvalue weighted by molar-refractivity contribution is -0.120. The van der Waals surface area contributed by atoms with Crippen molar-refractivity contribution < 1.29 is 4.79 Å². The first-order valence-corrected chi connectivity index (χ1v) is 9.06. The molecule has 2 N–H and O–H groups in total. The van der Waals surface area contributed by atoms with Crippen LogP contribution in [-0.2, 0) is 23.2 Å². The van der Waals surface area contributed by atoms with Gasteiger partial charge in [-0.05, 0) is 34.9 Å². The van der Waals surface area contributed by atoms with Crippen LogP contribution in [0.5, 0.6) is 0 Å². The van der Waals surface area contributed by atoms with Crippen LogP contribution < -0.4 is 10.6 Å². The number of hydrogen-bond donors (Lipinski definition) is 2. The summed E-state index contributed by atoms with van der Waals surface area (Å²) in [5, 5.41) is 6.17. The number of nitrogens with one attached hydrogen (secondary N) is 2. The molecule has 0 unspecified atom stereocenters. The van der Waals surface area contributed by atoms with Gasteiger partial charge in [-0.2, -0.15) is 0 Å². The monoisotopic (exact) mass is 338 g/mol. The summed E-state index contributed by atoms with van der Waals surface area (Å²) >= 11 is 0. The summed E-state index contributed by atoms with van der Waals surface area (Å²) in [5.74, 6) is 0.0550. The SMILES string of the molecule is CC(C)(C)c1ccc(CNCC(=O)NCCCc2ccccc2)cc1. The largest absolute Gasteiger partial charge is 0.355 e. The predicted molar refractivity (Wildman–Crippen MR) is 105 cm³/mol. The molecule has 0 fully saturated rings. The maximum Gasteiger partial charge on any atom is 0.233 e. The van der Waals surface area contributed by atoms with Gasteiger partial charge in [-0.15, -0.1) is 0 Å². The minimum absolute atomic E-state index is 0.0550. The number of carbonyl (C=O) groups is 1. The fourth-order valence-corrected chi connectivity index (χ4v) is 2.67. The molecule has 0 radical (unpaired) electrons. The molecule has 0 saturated heterocycles. The van der Waals surface area contributed by atoms with Crippen molar-refractivity contribution in [2.45, 2.75) is 45.6 Å². The van der Waals surface area contributed by atoms with Crippen LogP contribution in [0.15, 0.2) is 54.6 Å². The van der Waals surface area contributed by atoms with E-state index in [1.165, 1.54) is 16.7 Å². The molecule has 0 saturated carbocycles. The van der Waals surface area contributed by atoms with Crippen LogP contribution in [-0.4, -0.2) is 19.0 Å². The molecule has 0 aliphatic rings. The van der Waals surface area contributed by atoms with Gasteiger partial charge in [0.05, 0.1) is 6.54 Å². The van der Waals surface area contributed by atoms with Gasteiger partial charge in [0, 0.05) is 13.1 Å². The smallest absolute Gasteiger partial charge is 0.233 e. The standard InChI is InChI=1S/C22H30N2O/c1-22(2,3)20-13-11-19(12-14-20)16-23-17-21(25)24-15-7-10-18-8-5-4-6-9-18/h4-6,8-9,11-14,23H,7,10,15-17H2,1-3H3,(H,24,25). The topological polar surface area (TPSA) is 41.1 Å². The quantitative estimate of drug-likeness (QED) is 0.718. The molecular formula is C22H30N2O. The molecule has 1 amide bonds. The zero-order valence-corrected chi connectivity index (χ0v) is 15.6. The van der Waals surface area contributed by atoms with E-state index in [1.807, 2.05) is 18.2 Å². The highest BCUT2D eigenvalue weighted by atomic mass is 16.1. The summed E-state index contributed by atoms with van der Waals surface area (Å²) in [5.41, 5.74) is 4.01. The molecule has 134 valence electrons. The minimum atomic E-state index is 0.0550. The van der Waals surface area contributed by atoms with Gasteiger partial charge in [0.25, 0.3) is 0 Å². The van der Waals surface area contributed by atoms with E-state index in [0.29, 0.717) is 13.1 Å². The normalized spacial score (nSPS) is 11.3. The molecule has 3 nitrogen and oxygen atoms in total. The molecule has 0 heterocycles. The summed E-state index contributed by atoms with van der Waals surface area (Å²) in [4.78, 5) is 11.9. The van der Waals surface area contributed by atoms with Crippen LogP contribution in [0, 0.1) is 0 Å². The number of rotatable bonds is 8. The van der Waals surface area contributed by atoms with Gasteiger partial charge in [-0.3, -0.25) is 4.79 Å². The van der Waals surface area contributed by atoms with Crippen LogP contribution in [0.2, 0.25) is 0 Å². The van der Waals surface area contributed by atoms with E-state index in [9.17, 15) is 4.79 Å². The van der Waals surface area contributed by atoms with Crippen molar-refractivity contribution in [1.29, 1.82) is 0 Å². The molecule has 0 aliphatic heterocycles. The summed E-state index contributed by atoms with van der Waals surface area (Å²) in [6.45, 7) is 8.41. The zero-order valence-electron chi connectivity index (χ0n) is 15.6. The first-order chi connectivity index (χ1) is 11.9. The Morgan fingerprint density at radius 1 is 0.920 bits per heavy atom. The van der Waals surface area contributed by atoms with Gasteiger partial charge in [-0.1, -0.05) is 75.4 Å². The van der Waals surface area contributed by atoms with E-state index in [4.69, 9.17) is 0 Å². The molecule has 0 bridgehead atoms. The third kappa shape index (κ3) is 7.10. The predicted octanol–water partition coefficient (Wildman–Crippen LogP) is 3.82. The summed E-state index contributed by atoms with van der Waals surface area (Å²) < 4.78 is 0. The molecule has 2 rings (SSSR count). The van der Waals surface area contributed by atoms with Gasteiger partial charge in [0.2, 0.25) is 5.91 Å². The molecule has 0 atom stereocenters. The van der Waals surface area contributed by atoms with Crippen molar-refractivity contribution in [3.63, 3.8) is 0 Å². The van der Waals surface area contributed by atoms with Crippen LogP contribution in [0.4, 0.5) is 0 Å². The van der Waals surface area contributed by atoms with Gasteiger partial charge in [-0.25, -0.2) is 0 Å². The average Bonchev–Trinajstić information content (AvgIpc) is 2.59. The van der Waals surface area contributed by atoms with Gasteiger partial charge in [0.15, 0.2) is 0 Å². The first-order valence-electron chi connectivity index (χ1n) is 9.06. The third-order valence-corrected chi connectivity index (χ3v) is 4.24. The fourth-order valence-electron chi connectivity index (χ4n) is 2.67. The third-order valence-electron chi connectivity index (χ3n) is 4.24. The number of carbonyl (C=O) groups excluding carboxylic acids is 1.